The molecule has 0 saturated heterocycles. The van der Waals surface area contributed by atoms with Gasteiger partial charge in [-0.3, -0.25) is 4.79 Å². The van der Waals surface area contributed by atoms with E-state index in [2.05, 4.69) is 4.72 Å². The minimum absolute atomic E-state index is 0.189. The first-order valence-electron chi connectivity index (χ1n) is 7.97. The lowest BCUT2D eigenvalue weighted by molar-refractivity contribution is -0.140. The van der Waals surface area contributed by atoms with Gasteiger partial charge in [0.25, 0.3) is 5.91 Å². The minimum Gasteiger partial charge on any atom is -0.384 e. The van der Waals surface area contributed by atoms with E-state index in [-0.39, 0.29) is 17.3 Å². The number of thiophene rings is 1. The molecule has 1 unspecified atom stereocenters. The predicted octanol–water partition coefficient (Wildman–Crippen LogP) is 1.49. The maximum Gasteiger partial charge on any atom is 0.251 e. The predicted molar refractivity (Wildman–Crippen MR) is 95.6 cm³/mol. The van der Waals surface area contributed by atoms with Crippen LogP contribution in [-0.2, 0) is 34.3 Å². The molecule has 2 aromatic rings. The van der Waals surface area contributed by atoms with E-state index in [9.17, 15) is 18.3 Å². The minimum atomic E-state index is -3.62. The Morgan fingerprint density at radius 3 is 2.84 bits per heavy atom. The molecular weight excluding hydrogens is 360 g/mol. The normalized spacial score (nSPS) is 15.7. The van der Waals surface area contributed by atoms with Gasteiger partial charge in [-0.05, 0) is 48.1 Å². The van der Waals surface area contributed by atoms with Gasteiger partial charge in [-0.1, -0.05) is 12.1 Å². The molecule has 0 spiro atoms. The van der Waals surface area contributed by atoms with Crippen LogP contribution in [0.15, 0.2) is 40.6 Å². The number of rotatable bonds is 5. The van der Waals surface area contributed by atoms with E-state index in [4.69, 9.17) is 0 Å². The van der Waals surface area contributed by atoms with Crippen LogP contribution in [0.1, 0.15) is 22.9 Å². The summed E-state index contributed by atoms with van der Waals surface area (Å²) in [5.41, 5.74) is 1.84. The Morgan fingerprint density at radius 1 is 1.36 bits per heavy atom. The topological polar surface area (TPSA) is 86.7 Å². The summed E-state index contributed by atoms with van der Waals surface area (Å²) < 4.78 is 27.6. The number of amides is 1. The van der Waals surface area contributed by atoms with E-state index in [1.54, 1.807) is 23.1 Å². The van der Waals surface area contributed by atoms with Gasteiger partial charge in [0, 0.05) is 24.5 Å². The summed E-state index contributed by atoms with van der Waals surface area (Å²) >= 11 is 1.49. The van der Waals surface area contributed by atoms with Crippen molar-refractivity contribution in [1.29, 1.82) is 0 Å². The van der Waals surface area contributed by atoms with Gasteiger partial charge in [-0.25, -0.2) is 13.1 Å². The van der Waals surface area contributed by atoms with Gasteiger partial charge in [0.2, 0.25) is 10.0 Å². The lowest BCUT2D eigenvalue weighted by Gasteiger charge is -2.30. The van der Waals surface area contributed by atoms with Gasteiger partial charge >= 0.3 is 0 Å². The van der Waals surface area contributed by atoms with Crippen molar-refractivity contribution in [3.63, 3.8) is 0 Å². The molecule has 1 atom stereocenters. The van der Waals surface area contributed by atoms with Gasteiger partial charge in [0.05, 0.1) is 4.90 Å². The zero-order chi connectivity index (χ0) is 18.0. The Morgan fingerprint density at radius 2 is 2.16 bits per heavy atom. The highest BCUT2D eigenvalue weighted by atomic mass is 32.2. The van der Waals surface area contributed by atoms with Crippen LogP contribution in [0.3, 0.4) is 0 Å². The van der Waals surface area contributed by atoms with Crippen molar-refractivity contribution in [3.05, 3.63) is 51.7 Å². The maximum absolute atomic E-state index is 12.5. The van der Waals surface area contributed by atoms with Gasteiger partial charge < -0.3 is 10.0 Å². The molecule has 1 amide bonds. The fourth-order valence-corrected chi connectivity index (χ4v) is 4.61. The SMILES string of the molecule is CC(O)C(=O)N1CCc2ccc(S(=O)(=O)NCc3cccs3)cc2C1. The van der Waals surface area contributed by atoms with Crippen LogP contribution in [0.25, 0.3) is 0 Å². The second-order valence-corrected chi connectivity index (χ2v) is 8.82. The van der Waals surface area contributed by atoms with E-state index >= 15 is 0 Å². The lowest BCUT2D eigenvalue weighted by Crippen LogP contribution is -2.41. The van der Waals surface area contributed by atoms with Crippen molar-refractivity contribution < 1.29 is 18.3 Å². The number of nitrogens with zero attached hydrogens (tertiary/aromatic N) is 1. The van der Waals surface area contributed by atoms with E-state index < -0.39 is 16.1 Å². The van der Waals surface area contributed by atoms with Crippen LogP contribution in [0.5, 0.6) is 0 Å². The van der Waals surface area contributed by atoms with E-state index in [1.807, 2.05) is 17.5 Å². The molecule has 134 valence electrons. The molecule has 25 heavy (non-hydrogen) atoms. The molecule has 1 aliphatic rings. The highest BCUT2D eigenvalue weighted by molar-refractivity contribution is 7.89. The first-order chi connectivity index (χ1) is 11.9. The number of sulfonamides is 1. The van der Waals surface area contributed by atoms with Crippen LogP contribution in [0, 0.1) is 0 Å². The van der Waals surface area contributed by atoms with Crippen LogP contribution in [-0.4, -0.2) is 37.0 Å². The number of hydrogen-bond donors (Lipinski definition) is 2. The summed E-state index contributed by atoms with van der Waals surface area (Å²) in [6.45, 7) is 2.53. The van der Waals surface area contributed by atoms with Gasteiger partial charge in [-0.15, -0.1) is 11.3 Å². The molecule has 3 rings (SSSR count). The van der Waals surface area contributed by atoms with Crippen molar-refractivity contribution in [2.45, 2.75) is 37.4 Å². The number of aliphatic hydroxyl groups is 1. The second-order valence-electron chi connectivity index (χ2n) is 6.02. The quantitative estimate of drug-likeness (QED) is 0.823. The van der Waals surface area contributed by atoms with Crippen LogP contribution in [0.2, 0.25) is 0 Å². The van der Waals surface area contributed by atoms with Crippen molar-refractivity contribution >= 4 is 27.3 Å². The molecule has 1 aliphatic heterocycles. The van der Waals surface area contributed by atoms with Crippen molar-refractivity contribution in [2.75, 3.05) is 6.54 Å². The number of carbonyl (C=O) groups excluding carboxylic acids is 1. The van der Waals surface area contributed by atoms with E-state index in [1.165, 1.54) is 18.3 Å². The number of nitrogens with one attached hydrogen (secondary N) is 1. The standard InChI is InChI=1S/C17H20N2O4S2/c1-12(20)17(21)19-7-6-13-4-5-16(9-14(13)11-19)25(22,23)18-10-15-3-2-8-24-15/h2-5,8-9,12,18,20H,6-7,10-11H2,1H3. The number of hydrogen-bond acceptors (Lipinski definition) is 5. The summed E-state index contributed by atoms with van der Waals surface area (Å²) in [6, 6.07) is 8.77. The highest BCUT2D eigenvalue weighted by Gasteiger charge is 2.25. The first kappa shape index (κ1) is 18.1. The number of fused-ring (bicyclic) bond motifs is 1. The number of benzene rings is 1. The monoisotopic (exact) mass is 380 g/mol. The molecule has 1 aromatic carbocycles. The fraction of sp³-hybridized carbons (Fsp3) is 0.353. The average Bonchev–Trinajstić information content (AvgIpc) is 3.12. The third-order valence-corrected chi connectivity index (χ3v) is 6.46. The molecule has 6 nitrogen and oxygen atoms in total. The molecule has 0 saturated carbocycles. The molecule has 0 bridgehead atoms. The third kappa shape index (κ3) is 4.09. The third-order valence-electron chi connectivity index (χ3n) is 4.19. The first-order valence-corrected chi connectivity index (χ1v) is 10.3. The molecular formula is C17H20N2O4S2. The molecule has 2 N–H and O–H groups in total. The van der Waals surface area contributed by atoms with Crippen molar-refractivity contribution in [1.82, 2.24) is 9.62 Å². The van der Waals surface area contributed by atoms with Crippen LogP contribution >= 0.6 is 11.3 Å². The number of aliphatic hydroxyl groups excluding tert-OH is 1. The lowest BCUT2D eigenvalue weighted by atomic mass is 9.99. The molecule has 0 aliphatic carbocycles. The second kappa shape index (κ2) is 7.25. The number of carbonyl (C=O) groups is 1. The van der Waals surface area contributed by atoms with Gasteiger partial charge in [-0.2, -0.15) is 0 Å². The Bertz CT molecular complexity index is 861. The maximum atomic E-state index is 12.5. The molecule has 1 aromatic heterocycles. The molecule has 2 heterocycles. The summed E-state index contributed by atoms with van der Waals surface area (Å²) in [5.74, 6) is -0.338. The zero-order valence-electron chi connectivity index (χ0n) is 13.8. The summed E-state index contributed by atoms with van der Waals surface area (Å²) in [4.78, 5) is 14.7. The van der Waals surface area contributed by atoms with Crippen molar-refractivity contribution in [3.8, 4) is 0 Å². The summed E-state index contributed by atoms with van der Waals surface area (Å²) in [5, 5.41) is 11.4. The van der Waals surface area contributed by atoms with Gasteiger partial charge in [0.15, 0.2) is 0 Å². The van der Waals surface area contributed by atoms with Crippen molar-refractivity contribution in [2.24, 2.45) is 0 Å². The molecule has 8 heteroatoms. The summed E-state index contributed by atoms with van der Waals surface area (Å²) in [7, 11) is -3.62. The Balaban J connectivity index is 1.78. The van der Waals surface area contributed by atoms with Gasteiger partial charge in [0.1, 0.15) is 6.10 Å². The molecule has 0 radical (unpaired) electrons. The Labute approximate surface area is 151 Å². The zero-order valence-corrected chi connectivity index (χ0v) is 15.4. The average molecular weight is 380 g/mol. The van der Waals surface area contributed by atoms with E-state index in [0.29, 0.717) is 19.5 Å². The van der Waals surface area contributed by atoms with Crippen LogP contribution < -0.4 is 4.72 Å². The Hall–Kier alpha value is -1.74. The fourth-order valence-electron chi connectivity index (χ4n) is 2.82. The highest BCUT2D eigenvalue weighted by Crippen LogP contribution is 2.23. The van der Waals surface area contributed by atoms with E-state index in [0.717, 1.165) is 16.0 Å². The van der Waals surface area contributed by atoms with Crippen LogP contribution in [0.4, 0.5) is 0 Å². The largest absolute Gasteiger partial charge is 0.384 e. The summed E-state index contributed by atoms with van der Waals surface area (Å²) in [6.07, 6.45) is -0.405. The molecule has 0 fully saturated rings. The smallest absolute Gasteiger partial charge is 0.251 e. The Kier molecular flexibility index (Phi) is 5.24.